The number of ether oxygens (including phenoxy) is 1. The third kappa shape index (κ3) is 3.99. The van der Waals surface area contributed by atoms with Crippen LogP contribution in [-0.4, -0.2) is 74.8 Å². The van der Waals surface area contributed by atoms with Crippen LogP contribution in [0.4, 0.5) is 5.82 Å². The molecule has 1 aliphatic rings. The van der Waals surface area contributed by atoms with Crippen LogP contribution in [0.1, 0.15) is 24.9 Å². The normalized spacial score (nSPS) is 26.0. The smallest absolute Gasteiger partial charge is 0.168 e. The van der Waals surface area contributed by atoms with E-state index in [0.29, 0.717) is 30.1 Å². The Kier molecular flexibility index (Phi) is 6.54. The number of quaternary nitrogens is 2. The summed E-state index contributed by atoms with van der Waals surface area (Å²) in [5, 5.41) is 21.2. The number of nitrogens with two attached hydrogens (primary N) is 1. The van der Waals surface area contributed by atoms with Crippen molar-refractivity contribution in [2.75, 3.05) is 32.5 Å². The fourth-order valence-corrected chi connectivity index (χ4v) is 3.53. The number of aliphatic hydroxyl groups is 2. The van der Waals surface area contributed by atoms with E-state index in [0.717, 1.165) is 19.4 Å². The molecule has 0 aliphatic carbocycles. The molecule has 2 aromatic heterocycles. The molecule has 0 saturated carbocycles. The predicted octanol–water partition coefficient (Wildman–Crippen LogP) is -2.86. The van der Waals surface area contributed by atoms with Crippen LogP contribution in [-0.2, 0) is 9.57 Å². The molecule has 11 nitrogen and oxygen atoms in total. The van der Waals surface area contributed by atoms with Crippen molar-refractivity contribution in [1.29, 1.82) is 0 Å². The second-order valence-electron chi connectivity index (χ2n) is 7.05. The van der Waals surface area contributed by atoms with Gasteiger partial charge in [-0.1, -0.05) is 6.58 Å². The second-order valence-corrected chi connectivity index (χ2v) is 7.05. The zero-order chi connectivity index (χ0) is 20.3. The summed E-state index contributed by atoms with van der Waals surface area (Å²) in [5.41, 5.74) is 6.71. The van der Waals surface area contributed by atoms with Gasteiger partial charge in [-0.05, 0) is 18.9 Å². The zero-order valence-corrected chi connectivity index (χ0v) is 16.0. The zero-order valence-electron chi connectivity index (χ0n) is 16.0. The Morgan fingerprint density at radius 3 is 2.89 bits per heavy atom. The molecule has 28 heavy (non-hydrogen) atoms. The number of fused-ring (bicyclic) bond motifs is 1. The number of hydrogen-bond acceptors (Lipinski definition) is 8. The van der Waals surface area contributed by atoms with Crippen molar-refractivity contribution in [2.24, 2.45) is 0 Å². The quantitative estimate of drug-likeness (QED) is 0.224. The Hall–Kier alpha value is -2.15. The van der Waals surface area contributed by atoms with Crippen molar-refractivity contribution in [2.45, 2.75) is 37.4 Å². The van der Waals surface area contributed by atoms with Crippen molar-refractivity contribution in [1.82, 2.24) is 19.5 Å². The van der Waals surface area contributed by atoms with Gasteiger partial charge in [-0.2, -0.15) is 0 Å². The van der Waals surface area contributed by atoms with Crippen LogP contribution < -0.4 is 16.5 Å². The molecular weight excluding hydrogens is 366 g/mol. The number of unbranched alkanes of at least 4 members (excludes halogenated alkanes) is 1. The van der Waals surface area contributed by atoms with Gasteiger partial charge in [-0.25, -0.2) is 25.7 Å². The van der Waals surface area contributed by atoms with Gasteiger partial charge in [0.15, 0.2) is 23.2 Å². The summed E-state index contributed by atoms with van der Waals surface area (Å²) in [5.74, 6) is 4.03. The molecule has 1 saturated heterocycles. The summed E-state index contributed by atoms with van der Waals surface area (Å²) in [6.45, 7) is 5.83. The van der Waals surface area contributed by atoms with E-state index in [9.17, 15) is 10.2 Å². The van der Waals surface area contributed by atoms with Crippen LogP contribution in [0.15, 0.2) is 12.9 Å². The number of rotatable bonds is 9. The number of likely N-dealkylation sites (N-methyl/N-ethyl adjacent to an activating group) is 1. The third-order valence-corrected chi connectivity index (χ3v) is 5.00. The number of nitrogens with zero attached hydrogens (tertiary/aromatic N) is 4. The third-order valence-electron chi connectivity index (χ3n) is 5.00. The Labute approximate surface area is 162 Å². The van der Waals surface area contributed by atoms with Crippen molar-refractivity contribution < 1.29 is 30.6 Å². The lowest BCUT2D eigenvalue weighted by Gasteiger charge is -2.20. The van der Waals surface area contributed by atoms with Crippen LogP contribution >= 0.6 is 0 Å². The molecule has 11 heteroatoms. The Balaban J connectivity index is 1.77. The van der Waals surface area contributed by atoms with Crippen molar-refractivity contribution in [3.05, 3.63) is 18.7 Å². The highest BCUT2D eigenvalue weighted by atomic mass is 16.6. The summed E-state index contributed by atoms with van der Waals surface area (Å²) in [6.07, 6.45) is 1.20. The monoisotopic (exact) mass is 395 g/mol. The SMILES string of the molecule is C=Cc1nc2c(N)ncnc2n1[C@@H]1O[C@H](C[NH+](C)CCCCO[NH3+])[C@@H](O)[C@H]1O. The number of imidazole rings is 1. The average Bonchev–Trinajstić information content (AvgIpc) is 3.18. The summed E-state index contributed by atoms with van der Waals surface area (Å²) in [6, 6.07) is 0. The van der Waals surface area contributed by atoms with Gasteiger partial charge in [0.2, 0.25) is 0 Å². The lowest BCUT2D eigenvalue weighted by atomic mass is 10.1. The number of aliphatic hydroxyl groups excluding tert-OH is 2. The molecule has 8 N–H and O–H groups in total. The van der Waals surface area contributed by atoms with Gasteiger partial charge < -0.3 is 25.6 Å². The molecule has 0 amide bonds. The molecule has 0 spiro atoms. The standard InChI is InChI=1S/C17H28N7O4/c1-3-11-22-12-15(18)20-9-21-16(12)24(11)17-14(26)13(25)10(28-17)8-23(2)6-4-5-7-27-19/h3,9-10,13-14,17,25-26H,1,4-8H2,2,19H3,(H2,18,20,21)/q+1/p+1/t10-,13-,14-,17-/m1/s1. The van der Waals surface area contributed by atoms with E-state index in [-0.39, 0.29) is 5.82 Å². The lowest BCUT2D eigenvalue weighted by molar-refractivity contribution is -0.883. The Morgan fingerprint density at radius 2 is 2.18 bits per heavy atom. The molecule has 1 aliphatic heterocycles. The molecule has 0 aromatic carbocycles. The van der Waals surface area contributed by atoms with Crippen molar-refractivity contribution in [3.8, 4) is 0 Å². The van der Waals surface area contributed by atoms with E-state index in [1.54, 1.807) is 4.57 Å². The maximum Gasteiger partial charge on any atom is 0.168 e. The van der Waals surface area contributed by atoms with Crippen molar-refractivity contribution in [3.63, 3.8) is 0 Å². The van der Waals surface area contributed by atoms with Gasteiger partial charge in [0.1, 0.15) is 43.6 Å². The first-order chi connectivity index (χ1) is 13.5. The van der Waals surface area contributed by atoms with Crippen molar-refractivity contribution >= 4 is 23.1 Å². The highest BCUT2D eigenvalue weighted by Gasteiger charge is 2.46. The summed E-state index contributed by atoms with van der Waals surface area (Å²) >= 11 is 0. The Morgan fingerprint density at radius 1 is 1.39 bits per heavy atom. The van der Waals surface area contributed by atoms with Crippen LogP contribution in [0, 0.1) is 0 Å². The molecule has 3 rings (SSSR count). The minimum atomic E-state index is -1.13. The molecule has 1 fully saturated rings. The minimum Gasteiger partial charge on any atom is -0.387 e. The largest absolute Gasteiger partial charge is 0.387 e. The summed E-state index contributed by atoms with van der Waals surface area (Å²) in [4.78, 5) is 18.5. The highest BCUT2D eigenvalue weighted by molar-refractivity contribution is 5.83. The molecule has 2 aromatic rings. The van der Waals surface area contributed by atoms with Crippen LogP contribution in [0.5, 0.6) is 0 Å². The first kappa shape index (κ1) is 20.6. The van der Waals surface area contributed by atoms with Gasteiger partial charge in [0.25, 0.3) is 0 Å². The molecule has 3 heterocycles. The van der Waals surface area contributed by atoms with E-state index in [4.69, 9.17) is 15.3 Å². The fourth-order valence-electron chi connectivity index (χ4n) is 3.53. The number of nitrogen functional groups attached to an aromatic ring is 1. The molecule has 5 atom stereocenters. The van der Waals surface area contributed by atoms with Gasteiger partial charge in [0.05, 0.1) is 13.6 Å². The number of anilines is 1. The number of aromatic nitrogens is 4. The first-order valence-corrected chi connectivity index (χ1v) is 9.28. The van der Waals surface area contributed by atoms with E-state index in [1.807, 2.05) is 7.05 Å². The minimum absolute atomic E-state index is 0.229. The first-order valence-electron chi connectivity index (χ1n) is 9.28. The summed E-state index contributed by atoms with van der Waals surface area (Å²) < 4.78 is 7.64. The maximum absolute atomic E-state index is 10.6. The topological polar surface area (TPSA) is 161 Å². The Bertz CT molecular complexity index is 814. The van der Waals surface area contributed by atoms with Gasteiger partial charge >= 0.3 is 0 Å². The number of hydrogen-bond donors (Lipinski definition) is 5. The van der Waals surface area contributed by atoms with Gasteiger partial charge in [0, 0.05) is 0 Å². The summed E-state index contributed by atoms with van der Waals surface area (Å²) in [7, 11) is 2.02. The highest BCUT2D eigenvalue weighted by Crippen LogP contribution is 2.33. The predicted molar refractivity (Wildman–Crippen MR) is 100 cm³/mol. The van der Waals surface area contributed by atoms with Gasteiger partial charge in [-0.3, -0.25) is 4.57 Å². The molecule has 0 radical (unpaired) electrons. The van der Waals surface area contributed by atoms with E-state index < -0.39 is 24.5 Å². The lowest BCUT2D eigenvalue weighted by Crippen LogP contribution is -3.10. The van der Waals surface area contributed by atoms with Gasteiger partial charge in [-0.15, -0.1) is 0 Å². The average molecular weight is 395 g/mol. The van der Waals surface area contributed by atoms with E-state index >= 15 is 0 Å². The van der Waals surface area contributed by atoms with Crippen LogP contribution in [0.2, 0.25) is 0 Å². The fraction of sp³-hybridized carbons (Fsp3) is 0.588. The maximum atomic E-state index is 10.6. The molecular formula is C17H29N7O4+2. The van der Waals surface area contributed by atoms with Crippen LogP contribution in [0.25, 0.3) is 17.2 Å². The van der Waals surface area contributed by atoms with E-state index in [1.165, 1.54) is 17.3 Å². The second kappa shape index (κ2) is 8.90. The number of nitrogens with one attached hydrogen (secondary N) is 1. The molecule has 1 unspecified atom stereocenters. The van der Waals surface area contributed by atoms with E-state index in [2.05, 4.69) is 27.4 Å². The molecule has 154 valence electrons. The molecule has 0 bridgehead atoms. The van der Waals surface area contributed by atoms with Crippen LogP contribution in [0.3, 0.4) is 0 Å².